The number of nitrogens with two attached hydrogens (primary N) is 1. The van der Waals surface area contributed by atoms with Crippen molar-refractivity contribution >= 4 is 33.2 Å². The molecule has 0 aliphatic carbocycles. The first kappa shape index (κ1) is 29.5. The van der Waals surface area contributed by atoms with Crippen LogP contribution in [0.15, 0.2) is 59.6 Å². The number of nitrogen functional groups attached to an aromatic ring is 1. The highest BCUT2D eigenvalue weighted by molar-refractivity contribution is 7.92. The van der Waals surface area contributed by atoms with E-state index < -0.39 is 26.9 Å². The van der Waals surface area contributed by atoms with Crippen molar-refractivity contribution in [3.05, 3.63) is 60.4 Å². The molecule has 1 aromatic heterocycles. The summed E-state index contributed by atoms with van der Waals surface area (Å²) < 4.78 is 30.6. The van der Waals surface area contributed by atoms with Crippen LogP contribution in [0.4, 0.5) is 11.5 Å². The van der Waals surface area contributed by atoms with E-state index in [-0.39, 0.29) is 22.8 Å². The second kappa shape index (κ2) is 13.7. The predicted octanol–water partition coefficient (Wildman–Crippen LogP) is 3.99. The molecule has 3 aromatic rings. The van der Waals surface area contributed by atoms with Crippen LogP contribution in [0, 0.1) is 0 Å². The number of sulfone groups is 1. The Labute approximate surface area is 227 Å². The van der Waals surface area contributed by atoms with Gasteiger partial charge in [0.25, 0.3) is 5.91 Å². The summed E-state index contributed by atoms with van der Waals surface area (Å²) in [5.41, 5.74) is 8.88. The highest BCUT2D eigenvalue weighted by atomic mass is 32.2. The van der Waals surface area contributed by atoms with Crippen molar-refractivity contribution < 1.29 is 28.0 Å². The smallest absolute Gasteiger partial charge is 0.278 e. The average Bonchev–Trinajstić information content (AvgIpc) is 2.93. The number of nitrogens with zero attached hydrogens (tertiary/aromatic N) is 2. The van der Waals surface area contributed by atoms with Gasteiger partial charge < -0.3 is 15.8 Å². The third-order valence-corrected chi connectivity index (χ3v) is 8.10. The van der Waals surface area contributed by atoms with Gasteiger partial charge in [-0.3, -0.25) is 14.8 Å². The van der Waals surface area contributed by atoms with Crippen molar-refractivity contribution in [2.75, 3.05) is 17.7 Å². The maximum absolute atomic E-state index is 13.1. The van der Waals surface area contributed by atoms with Crippen LogP contribution in [0.1, 0.15) is 56.4 Å². The molecule has 0 spiro atoms. The van der Waals surface area contributed by atoms with Crippen LogP contribution < -0.4 is 21.3 Å². The van der Waals surface area contributed by atoms with Gasteiger partial charge in [0.1, 0.15) is 5.75 Å². The van der Waals surface area contributed by atoms with Gasteiger partial charge in [-0.2, -0.15) is 0 Å². The number of aromatic nitrogens is 2. The van der Waals surface area contributed by atoms with Gasteiger partial charge in [-0.15, -0.1) is 0 Å². The van der Waals surface area contributed by atoms with Gasteiger partial charge in [0, 0.05) is 12.0 Å². The third kappa shape index (κ3) is 7.98. The number of benzene rings is 2. The highest BCUT2D eigenvalue weighted by Crippen LogP contribution is 2.26. The number of hydrogen-bond donors (Lipinski definition) is 4. The normalized spacial score (nSPS) is 11.3. The number of nitrogens with one attached hydrogen (secondary N) is 2. The Hall–Kier alpha value is -4.03. The van der Waals surface area contributed by atoms with Crippen molar-refractivity contribution in [1.82, 2.24) is 15.4 Å². The molecule has 0 aliphatic heterocycles. The summed E-state index contributed by atoms with van der Waals surface area (Å²) in [5, 5.41) is 10.7. The summed E-state index contributed by atoms with van der Waals surface area (Å²) in [5.74, 6) is -0.542. The quantitative estimate of drug-likeness (QED) is 0.138. The van der Waals surface area contributed by atoms with Crippen molar-refractivity contribution in [2.45, 2.75) is 56.1 Å². The Bertz CT molecular complexity index is 1390. The van der Waals surface area contributed by atoms with Crippen LogP contribution in [0.3, 0.4) is 0 Å². The Morgan fingerprint density at radius 1 is 1.03 bits per heavy atom. The SMILES string of the molecule is CC(C)S(=O)(=O)c1ccc(-c2cnc(N)c(C(=O)Nc3ccccc3OCCCCCCC(=O)NO)n2)cc1. The molecule has 208 valence electrons. The van der Waals surface area contributed by atoms with Crippen molar-refractivity contribution in [2.24, 2.45) is 0 Å². The highest BCUT2D eigenvalue weighted by Gasteiger charge is 2.20. The zero-order valence-electron chi connectivity index (χ0n) is 21.9. The lowest BCUT2D eigenvalue weighted by atomic mass is 10.1. The molecule has 11 nitrogen and oxygen atoms in total. The van der Waals surface area contributed by atoms with Gasteiger partial charge in [0.05, 0.1) is 34.3 Å². The predicted molar refractivity (Wildman–Crippen MR) is 147 cm³/mol. The Balaban J connectivity index is 1.65. The van der Waals surface area contributed by atoms with Crippen LogP contribution in [-0.2, 0) is 14.6 Å². The summed E-state index contributed by atoms with van der Waals surface area (Å²) in [6.45, 7) is 3.65. The van der Waals surface area contributed by atoms with Gasteiger partial charge in [-0.05, 0) is 51.0 Å². The van der Waals surface area contributed by atoms with Crippen molar-refractivity contribution in [3.63, 3.8) is 0 Å². The topological polar surface area (TPSA) is 174 Å². The second-order valence-corrected chi connectivity index (χ2v) is 11.6. The van der Waals surface area contributed by atoms with E-state index in [2.05, 4.69) is 15.3 Å². The number of para-hydroxylation sites is 2. The third-order valence-electron chi connectivity index (χ3n) is 5.93. The molecule has 12 heteroatoms. The lowest BCUT2D eigenvalue weighted by Gasteiger charge is -2.13. The van der Waals surface area contributed by atoms with Crippen LogP contribution in [0.2, 0.25) is 0 Å². The number of carbonyl (C=O) groups excluding carboxylic acids is 2. The van der Waals surface area contributed by atoms with Gasteiger partial charge >= 0.3 is 0 Å². The first-order valence-corrected chi connectivity index (χ1v) is 14.1. The fourth-order valence-corrected chi connectivity index (χ4v) is 4.71. The average molecular weight is 556 g/mol. The lowest BCUT2D eigenvalue weighted by Crippen LogP contribution is -2.18. The number of rotatable bonds is 13. The van der Waals surface area contributed by atoms with E-state index >= 15 is 0 Å². The molecule has 1 heterocycles. The van der Waals surface area contributed by atoms with Gasteiger partial charge in [-0.1, -0.05) is 37.1 Å². The fraction of sp³-hybridized carbons (Fsp3) is 0.333. The molecule has 39 heavy (non-hydrogen) atoms. The summed E-state index contributed by atoms with van der Waals surface area (Å²) >= 11 is 0. The first-order valence-electron chi connectivity index (χ1n) is 12.6. The summed E-state index contributed by atoms with van der Waals surface area (Å²) in [6.07, 6.45) is 4.77. The maximum atomic E-state index is 13.1. The number of amides is 2. The van der Waals surface area contributed by atoms with Crippen molar-refractivity contribution in [3.8, 4) is 17.0 Å². The molecular weight excluding hydrogens is 522 g/mol. The minimum absolute atomic E-state index is 0.0523. The van der Waals surface area contributed by atoms with E-state index in [0.29, 0.717) is 35.7 Å². The van der Waals surface area contributed by atoms with E-state index in [0.717, 1.165) is 19.3 Å². The van der Waals surface area contributed by atoms with Gasteiger partial charge in [-0.25, -0.2) is 23.9 Å². The fourth-order valence-electron chi connectivity index (χ4n) is 3.65. The zero-order chi connectivity index (χ0) is 28.4. The summed E-state index contributed by atoms with van der Waals surface area (Å²) in [7, 11) is -3.41. The number of hydroxylamine groups is 1. The molecule has 0 fully saturated rings. The molecule has 3 rings (SSSR count). The van der Waals surface area contributed by atoms with Gasteiger partial charge in [0.15, 0.2) is 21.3 Å². The van der Waals surface area contributed by atoms with E-state index in [1.165, 1.54) is 18.3 Å². The number of carbonyl (C=O) groups is 2. The monoisotopic (exact) mass is 555 g/mol. The van der Waals surface area contributed by atoms with Crippen LogP contribution in [0.25, 0.3) is 11.3 Å². The molecule has 0 saturated heterocycles. The minimum Gasteiger partial charge on any atom is -0.491 e. The first-order chi connectivity index (χ1) is 18.6. The Morgan fingerprint density at radius 2 is 1.72 bits per heavy atom. The number of ether oxygens (including phenoxy) is 1. The summed E-state index contributed by atoms with van der Waals surface area (Å²) in [4.78, 5) is 32.8. The maximum Gasteiger partial charge on any atom is 0.278 e. The molecule has 0 radical (unpaired) electrons. The van der Waals surface area contributed by atoms with Crippen LogP contribution in [-0.4, -0.2) is 47.3 Å². The van der Waals surface area contributed by atoms with E-state index in [1.807, 2.05) is 0 Å². The number of unbranched alkanes of at least 4 members (excludes halogenated alkanes) is 3. The molecule has 0 bridgehead atoms. The minimum atomic E-state index is -3.41. The standard InChI is InChI=1S/C27H33N5O6S/c1-18(2)39(36,37)20-14-12-19(13-15-20)22-17-29-26(28)25(30-22)27(34)31-21-9-6-7-10-23(21)38-16-8-4-3-5-11-24(33)32-35/h6-7,9-10,12-15,17-18,35H,3-5,8,11,16H2,1-2H3,(H2,28,29)(H,31,34)(H,32,33). The molecule has 0 atom stereocenters. The van der Waals surface area contributed by atoms with E-state index in [4.69, 9.17) is 15.7 Å². The Morgan fingerprint density at radius 3 is 2.41 bits per heavy atom. The second-order valence-electron chi connectivity index (χ2n) is 9.11. The molecular formula is C27H33N5O6S. The molecule has 2 aromatic carbocycles. The van der Waals surface area contributed by atoms with Gasteiger partial charge in [0.2, 0.25) is 5.91 Å². The molecule has 0 aliphatic rings. The molecule has 0 saturated carbocycles. The molecule has 2 amide bonds. The number of anilines is 2. The summed E-state index contributed by atoms with van der Waals surface area (Å²) in [6, 6.07) is 13.2. The van der Waals surface area contributed by atoms with Crippen molar-refractivity contribution in [1.29, 1.82) is 0 Å². The van der Waals surface area contributed by atoms with Crippen LogP contribution in [0.5, 0.6) is 5.75 Å². The largest absolute Gasteiger partial charge is 0.491 e. The van der Waals surface area contributed by atoms with E-state index in [1.54, 1.807) is 55.7 Å². The van der Waals surface area contributed by atoms with E-state index in [9.17, 15) is 18.0 Å². The Kier molecular flexibility index (Phi) is 10.4. The zero-order valence-corrected chi connectivity index (χ0v) is 22.7. The lowest BCUT2D eigenvalue weighted by molar-refractivity contribution is -0.129. The molecule has 0 unspecified atom stereocenters. The van der Waals surface area contributed by atoms with Crippen LogP contribution >= 0.6 is 0 Å². The molecule has 5 N–H and O–H groups in total. The number of hydrogen-bond acceptors (Lipinski definition) is 9.